The number of esters is 1. The van der Waals surface area contributed by atoms with Gasteiger partial charge in [-0.3, -0.25) is 9.59 Å². The lowest BCUT2D eigenvalue weighted by Gasteiger charge is -2.13. The number of ketones is 2. The highest BCUT2D eigenvalue weighted by Crippen LogP contribution is 2.32. The molecule has 0 saturated carbocycles. The van der Waals surface area contributed by atoms with E-state index in [1.807, 2.05) is 0 Å². The lowest BCUT2D eigenvalue weighted by Crippen LogP contribution is -2.25. The average molecular weight is 321 g/mol. The van der Waals surface area contributed by atoms with E-state index in [-0.39, 0.29) is 34.8 Å². The Morgan fingerprint density at radius 1 is 1.12 bits per heavy atom. The van der Waals surface area contributed by atoms with Crippen molar-refractivity contribution in [3.63, 3.8) is 0 Å². The van der Waals surface area contributed by atoms with E-state index < -0.39 is 17.5 Å². The van der Waals surface area contributed by atoms with Gasteiger partial charge in [0.25, 0.3) is 0 Å². The molecule has 0 radical (unpaired) electrons. The van der Waals surface area contributed by atoms with Crippen LogP contribution in [-0.2, 0) is 4.74 Å². The Bertz CT molecular complexity index is 1040. The topological polar surface area (TPSA) is 90.6 Å². The van der Waals surface area contributed by atoms with Crippen molar-refractivity contribution in [3.8, 4) is 0 Å². The van der Waals surface area contributed by atoms with Gasteiger partial charge in [-0.25, -0.2) is 14.8 Å². The number of ether oxygens (including phenoxy) is 1. The van der Waals surface area contributed by atoms with E-state index in [1.54, 1.807) is 31.3 Å². The van der Waals surface area contributed by atoms with Crippen molar-refractivity contribution < 1.29 is 19.1 Å². The Kier molecular flexibility index (Phi) is 3.02. The molecule has 0 saturated heterocycles. The highest BCUT2D eigenvalue weighted by atomic mass is 16.5. The molecule has 1 aliphatic carbocycles. The van der Waals surface area contributed by atoms with E-state index in [0.29, 0.717) is 5.52 Å². The summed E-state index contributed by atoms with van der Waals surface area (Å²) in [7, 11) is 0. The summed E-state index contributed by atoms with van der Waals surface area (Å²) >= 11 is 0. The Morgan fingerprint density at radius 2 is 1.83 bits per heavy atom. The number of nitrogens with zero attached hydrogens (tertiary/aromatic N) is 3. The number of hydrogen-bond acceptors (Lipinski definition) is 6. The first kappa shape index (κ1) is 14.3. The fourth-order valence-electron chi connectivity index (χ4n) is 2.96. The molecule has 24 heavy (non-hydrogen) atoms. The van der Waals surface area contributed by atoms with Crippen molar-refractivity contribution >= 4 is 23.1 Å². The van der Waals surface area contributed by atoms with Crippen LogP contribution in [0.2, 0.25) is 0 Å². The van der Waals surface area contributed by atoms with Crippen LogP contribution in [0, 0.1) is 0 Å². The van der Waals surface area contributed by atoms with Gasteiger partial charge >= 0.3 is 5.97 Å². The Balaban J connectivity index is 2.11. The van der Waals surface area contributed by atoms with Crippen LogP contribution in [-0.4, -0.2) is 38.5 Å². The molecule has 0 aliphatic heterocycles. The van der Waals surface area contributed by atoms with Gasteiger partial charge in [0.2, 0.25) is 11.6 Å². The zero-order valence-corrected chi connectivity index (χ0v) is 12.6. The molecule has 0 fully saturated rings. The summed E-state index contributed by atoms with van der Waals surface area (Å²) in [5.74, 6) is -1.58. The molecule has 3 aromatic heterocycles. The fourth-order valence-corrected chi connectivity index (χ4v) is 2.96. The molecule has 0 amide bonds. The molecule has 0 unspecified atom stereocenters. The van der Waals surface area contributed by atoms with Crippen LogP contribution < -0.4 is 0 Å². The summed E-state index contributed by atoms with van der Waals surface area (Å²) in [6, 6.07) is 5.10. The third-order valence-corrected chi connectivity index (χ3v) is 3.89. The smallest absolute Gasteiger partial charge is 0.341 e. The number of fused-ring (bicyclic) bond motifs is 4. The Morgan fingerprint density at radius 3 is 2.54 bits per heavy atom. The fraction of sp³-hybridized carbons (Fsp3) is 0.118. The highest BCUT2D eigenvalue weighted by molar-refractivity contribution is 6.30. The first-order valence-corrected chi connectivity index (χ1v) is 7.35. The molecular formula is C17H11N3O4. The first-order chi connectivity index (χ1) is 11.6. The monoisotopic (exact) mass is 321 g/mol. The zero-order chi connectivity index (χ0) is 16.8. The van der Waals surface area contributed by atoms with Gasteiger partial charge in [0.15, 0.2) is 0 Å². The molecule has 7 heteroatoms. The van der Waals surface area contributed by atoms with Gasteiger partial charge in [-0.05, 0) is 19.1 Å². The predicted molar refractivity (Wildman–Crippen MR) is 82.3 cm³/mol. The van der Waals surface area contributed by atoms with Gasteiger partial charge in [0, 0.05) is 18.6 Å². The van der Waals surface area contributed by atoms with Crippen molar-refractivity contribution in [2.45, 2.75) is 6.92 Å². The number of pyridine rings is 1. The lowest BCUT2D eigenvalue weighted by atomic mass is 9.92. The van der Waals surface area contributed by atoms with Crippen LogP contribution in [0.1, 0.15) is 49.5 Å². The molecule has 7 nitrogen and oxygen atoms in total. The van der Waals surface area contributed by atoms with E-state index in [2.05, 4.69) is 9.97 Å². The SMILES string of the molecule is CCOC(=O)c1c2c(n3ccccc13)C(=O)c1nccnc1C2=O. The molecule has 0 bridgehead atoms. The molecule has 0 atom stereocenters. The largest absolute Gasteiger partial charge is 0.462 e. The summed E-state index contributed by atoms with van der Waals surface area (Å²) in [5, 5.41) is 0. The Labute approximate surface area is 135 Å². The summed E-state index contributed by atoms with van der Waals surface area (Å²) in [6.07, 6.45) is 4.33. The molecule has 1 aliphatic rings. The average Bonchev–Trinajstić information content (AvgIpc) is 2.95. The van der Waals surface area contributed by atoms with Crippen LogP contribution in [0.25, 0.3) is 5.52 Å². The third kappa shape index (κ3) is 1.75. The second-order valence-corrected chi connectivity index (χ2v) is 5.19. The van der Waals surface area contributed by atoms with E-state index in [4.69, 9.17) is 4.74 Å². The minimum Gasteiger partial charge on any atom is -0.462 e. The van der Waals surface area contributed by atoms with Crippen LogP contribution in [0.3, 0.4) is 0 Å². The van der Waals surface area contributed by atoms with Gasteiger partial charge in [-0.15, -0.1) is 0 Å². The van der Waals surface area contributed by atoms with E-state index in [9.17, 15) is 14.4 Å². The van der Waals surface area contributed by atoms with Gasteiger partial charge in [0.05, 0.1) is 23.3 Å². The van der Waals surface area contributed by atoms with Gasteiger partial charge < -0.3 is 9.14 Å². The second kappa shape index (κ2) is 5.09. The lowest BCUT2D eigenvalue weighted by molar-refractivity contribution is 0.0526. The standard InChI is InChI=1S/C17H11N3O4/c1-2-24-17(23)10-9-5-3-4-8-20(9)14-11(10)15(21)12-13(16(14)22)19-7-6-18-12/h3-8H,2H2,1H3. The van der Waals surface area contributed by atoms with E-state index in [1.165, 1.54) is 16.8 Å². The van der Waals surface area contributed by atoms with E-state index in [0.717, 1.165) is 0 Å². The molecular weight excluding hydrogens is 310 g/mol. The van der Waals surface area contributed by atoms with E-state index >= 15 is 0 Å². The molecule has 3 aromatic rings. The van der Waals surface area contributed by atoms with Gasteiger partial charge in [-0.1, -0.05) is 6.07 Å². The predicted octanol–water partition coefficient (Wildman–Crippen LogP) is 1.68. The highest BCUT2D eigenvalue weighted by Gasteiger charge is 2.39. The van der Waals surface area contributed by atoms with Crippen molar-refractivity contribution in [2.24, 2.45) is 0 Å². The molecule has 0 N–H and O–H groups in total. The number of hydrogen-bond donors (Lipinski definition) is 0. The number of aromatic nitrogens is 3. The molecule has 0 spiro atoms. The maximum absolute atomic E-state index is 12.9. The quantitative estimate of drug-likeness (QED) is 0.522. The number of rotatable bonds is 2. The van der Waals surface area contributed by atoms with Crippen LogP contribution in [0.5, 0.6) is 0 Å². The van der Waals surface area contributed by atoms with Crippen molar-refractivity contribution in [3.05, 3.63) is 65.0 Å². The number of carbonyl (C=O) groups is 3. The molecule has 0 aromatic carbocycles. The minimum atomic E-state index is -0.643. The maximum atomic E-state index is 12.9. The first-order valence-electron chi connectivity index (χ1n) is 7.35. The number of carbonyl (C=O) groups excluding carboxylic acids is 3. The summed E-state index contributed by atoms with van der Waals surface area (Å²) in [4.78, 5) is 46.1. The van der Waals surface area contributed by atoms with Crippen molar-refractivity contribution in [1.29, 1.82) is 0 Å². The van der Waals surface area contributed by atoms with Crippen LogP contribution in [0.4, 0.5) is 0 Å². The minimum absolute atomic E-state index is 0.00587. The third-order valence-electron chi connectivity index (χ3n) is 3.89. The second-order valence-electron chi connectivity index (χ2n) is 5.19. The summed E-state index contributed by atoms with van der Waals surface area (Å²) in [6.45, 7) is 1.84. The van der Waals surface area contributed by atoms with Crippen LogP contribution >= 0.6 is 0 Å². The van der Waals surface area contributed by atoms with Crippen LogP contribution in [0.15, 0.2) is 36.8 Å². The normalized spacial score (nSPS) is 12.9. The van der Waals surface area contributed by atoms with Gasteiger partial charge in [-0.2, -0.15) is 0 Å². The summed E-state index contributed by atoms with van der Waals surface area (Å²) in [5.41, 5.74) is 0.618. The van der Waals surface area contributed by atoms with Crippen molar-refractivity contribution in [1.82, 2.24) is 14.4 Å². The van der Waals surface area contributed by atoms with Gasteiger partial charge in [0.1, 0.15) is 17.1 Å². The Hall–Kier alpha value is -3.35. The molecule has 118 valence electrons. The zero-order valence-electron chi connectivity index (χ0n) is 12.6. The molecule has 3 heterocycles. The summed E-state index contributed by atoms with van der Waals surface area (Å²) < 4.78 is 6.61. The maximum Gasteiger partial charge on any atom is 0.341 e. The molecule has 4 rings (SSSR count). The van der Waals surface area contributed by atoms with Crippen molar-refractivity contribution in [2.75, 3.05) is 6.61 Å².